The van der Waals surface area contributed by atoms with Crippen molar-refractivity contribution in [3.63, 3.8) is 0 Å². The van der Waals surface area contributed by atoms with E-state index in [0.29, 0.717) is 18.2 Å². The first-order chi connectivity index (χ1) is 7.63. The summed E-state index contributed by atoms with van der Waals surface area (Å²) in [6.07, 6.45) is 4.26. The summed E-state index contributed by atoms with van der Waals surface area (Å²) in [5.41, 5.74) is 6.29. The van der Waals surface area contributed by atoms with E-state index in [4.69, 9.17) is 5.73 Å². The second-order valence-corrected chi connectivity index (χ2v) is 4.53. The van der Waals surface area contributed by atoms with Gasteiger partial charge in [0.1, 0.15) is 5.69 Å². The van der Waals surface area contributed by atoms with E-state index in [1.165, 1.54) is 0 Å². The Morgan fingerprint density at radius 3 is 2.94 bits per heavy atom. The number of hydrogen-bond acceptors (Lipinski definition) is 3. The fourth-order valence-electron chi connectivity index (χ4n) is 2.31. The number of hydrogen-bond donors (Lipinski definition) is 1. The first kappa shape index (κ1) is 11.1. The average molecular weight is 222 g/mol. The van der Waals surface area contributed by atoms with Gasteiger partial charge in [-0.2, -0.15) is 0 Å². The van der Waals surface area contributed by atoms with Gasteiger partial charge in [0.15, 0.2) is 0 Å². The van der Waals surface area contributed by atoms with Crippen LogP contribution < -0.4 is 5.73 Å². The molecule has 5 nitrogen and oxygen atoms in total. The highest BCUT2D eigenvalue weighted by Gasteiger charge is 2.32. The molecule has 0 radical (unpaired) electrons. The molecule has 1 aromatic heterocycles. The first-order valence-electron chi connectivity index (χ1n) is 5.60. The summed E-state index contributed by atoms with van der Waals surface area (Å²) in [6.45, 7) is 3.49. The van der Waals surface area contributed by atoms with Crippen molar-refractivity contribution in [3.8, 4) is 0 Å². The minimum Gasteiger partial charge on any atom is -0.334 e. The maximum Gasteiger partial charge on any atom is 0.272 e. The smallest absolute Gasteiger partial charge is 0.272 e. The summed E-state index contributed by atoms with van der Waals surface area (Å²) in [7, 11) is 1.83. The molecular weight excluding hydrogens is 204 g/mol. The van der Waals surface area contributed by atoms with E-state index in [-0.39, 0.29) is 11.9 Å². The van der Waals surface area contributed by atoms with E-state index >= 15 is 0 Å². The predicted molar refractivity (Wildman–Crippen MR) is 60.9 cm³/mol. The number of nitrogens with two attached hydrogens (primary N) is 1. The Balaban J connectivity index is 2.14. The third-order valence-corrected chi connectivity index (χ3v) is 3.29. The van der Waals surface area contributed by atoms with Gasteiger partial charge in [0.25, 0.3) is 5.91 Å². The van der Waals surface area contributed by atoms with Gasteiger partial charge in [-0.1, -0.05) is 0 Å². The molecule has 1 amide bonds. The summed E-state index contributed by atoms with van der Waals surface area (Å²) in [6, 6.07) is 0.274. The number of imidazole rings is 1. The van der Waals surface area contributed by atoms with Gasteiger partial charge in [0, 0.05) is 19.6 Å². The molecule has 2 N–H and O–H groups in total. The van der Waals surface area contributed by atoms with Gasteiger partial charge in [-0.15, -0.1) is 0 Å². The third kappa shape index (κ3) is 1.82. The van der Waals surface area contributed by atoms with Gasteiger partial charge in [-0.25, -0.2) is 4.98 Å². The molecule has 2 rings (SSSR count). The van der Waals surface area contributed by atoms with Crippen molar-refractivity contribution in [3.05, 3.63) is 18.2 Å². The summed E-state index contributed by atoms with van der Waals surface area (Å²) in [5.74, 6) is 0.496. The molecule has 1 aromatic rings. The van der Waals surface area contributed by atoms with Crippen molar-refractivity contribution in [1.29, 1.82) is 0 Å². The minimum absolute atomic E-state index is 0.0588. The summed E-state index contributed by atoms with van der Waals surface area (Å²) in [4.78, 5) is 18.1. The van der Waals surface area contributed by atoms with Crippen molar-refractivity contribution in [1.82, 2.24) is 14.5 Å². The molecule has 1 saturated heterocycles. The Bertz CT molecular complexity index is 387. The maximum absolute atomic E-state index is 12.2. The Hall–Kier alpha value is -1.36. The Morgan fingerprint density at radius 1 is 1.69 bits per heavy atom. The molecule has 5 heteroatoms. The van der Waals surface area contributed by atoms with Crippen molar-refractivity contribution < 1.29 is 4.79 Å². The number of likely N-dealkylation sites (tertiary alicyclic amines) is 1. The Labute approximate surface area is 95.2 Å². The molecule has 88 valence electrons. The molecule has 0 saturated carbocycles. The lowest BCUT2D eigenvalue weighted by atomic mass is 10.1. The van der Waals surface area contributed by atoms with Gasteiger partial charge in [-0.05, 0) is 25.8 Å². The van der Waals surface area contributed by atoms with Crippen LogP contribution in [0.15, 0.2) is 12.5 Å². The van der Waals surface area contributed by atoms with Crippen LogP contribution in [0.4, 0.5) is 0 Å². The lowest BCUT2D eigenvalue weighted by molar-refractivity contribution is 0.0733. The van der Waals surface area contributed by atoms with E-state index in [1.807, 2.05) is 11.9 Å². The molecule has 1 fully saturated rings. The van der Waals surface area contributed by atoms with E-state index in [2.05, 4.69) is 11.9 Å². The predicted octanol–water partition coefficient (Wildman–Crippen LogP) is 0.229. The van der Waals surface area contributed by atoms with Gasteiger partial charge >= 0.3 is 0 Å². The van der Waals surface area contributed by atoms with Crippen LogP contribution in [-0.2, 0) is 7.05 Å². The quantitative estimate of drug-likeness (QED) is 0.779. The molecule has 1 aliphatic heterocycles. The lowest BCUT2D eigenvalue weighted by Gasteiger charge is -2.21. The Morgan fingerprint density at radius 2 is 2.44 bits per heavy atom. The zero-order valence-electron chi connectivity index (χ0n) is 9.76. The molecule has 1 aliphatic rings. The first-order valence-corrected chi connectivity index (χ1v) is 5.60. The molecule has 16 heavy (non-hydrogen) atoms. The number of nitrogens with zero attached hydrogens (tertiary/aromatic N) is 3. The fraction of sp³-hybridized carbons (Fsp3) is 0.636. The molecular formula is C11H18N4O. The van der Waals surface area contributed by atoms with Crippen molar-refractivity contribution in [2.24, 2.45) is 18.7 Å². The zero-order valence-corrected chi connectivity index (χ0v) is 9.76. The van der Waals surface area contributed by atoms with Crippen LogP contribution in [0.5, 0.6) is 0 Å². The third-order valence-electron chi connectivity index (χ3n) is 3.29. The largest absolute Gasteiger partial charge is 0.334 e. The van der Waals surface area contributed by atoms with Crippen LogP contribution in [0.2, 0.25) is 0 Å². The van der Waals surface area contributed by atoms with Crippen LogP contribution in [0.1, 0.15) is 23.8 Å². The standard InChI is InChI=1S/C11H18N4O/c1-8-3-9(4-12)6-15(8)11(16)10-5-13-7-14(10)2/h5,7-9H,3-4,6,12H2,1-2H3. The summed E-state index contributed by atoms with van der Waals surface area (Å²) >= 11 is 0. The fourth-order valence-corrected chi connectivity index (χ4v) is 2.31. The van der Waals surface area contributed by atoms with E-state index in [9.17, 15) is 4.79 Å². The highest BCUT2D eigenvalue weighted by Crippen LogP contribution is 2.23. The molecule has 2 heterocycles. The molecule has 0 spiro atoms. The Kier molecular flexibility index (Phi) is 2.96. The number of aryl methyl sites for hydroxylation is 1. The minimum atomic E-state index is 0.0588. The van der Waals surface area contributed by atoms with Crippen LogP contribution in [0.3, 0.4) is 0 Å². The molecule has 0 aliphatic carbocycles. The number of rotatable bonds is 2. The second kappa shape index (κ2) is 4.25. The maximum atomic E-state index is 12.2. The summed E-state index contributed by atoms with van der Waals surface area (Å²) in [5, 5.41) is 0. The van der Waals surface area contributed by atoms with E-state index in [0.717, 1.165) is 13.0 Å². The number of carbonyl (C=O) groups is 1. The highest BCUT2D eigenvalue weighted by molar-refractivity contribution is 5.92. The topological polar surface area (TPSA) is 64.2 Å². The second-order valence-electron chi connectivity index (χ2n) is 4.53. The van der Waals surface area contributed by atoms with E-state index in [1.54, 1.807) is 17.1 Å². The zero-order chi connectivity index (χ0) is 11.7. The van der Waals surface area contributed by atoms with Gasteiger partial charge in [0.2, 0.25) is 0 Å². The molecule has 2 unspecified atom stereocenters. The van der Waals surface area contributed by atoms with Crippen molar-refractivity contribution in [2.45, 2.75) is 19.4 Å². The average Bonchev–Trinajstić information content (AvgIpc) is 2.83. The van der Waals surface area contributed by atoms with Gasteiger partial charge < -0.3 is 15.2 Å². The lowest BCUT2D eigenvalue weighted by Crippen LogP contribution is -2.35. The van der Waals surface area contributed by atoms with Crippen molar-refractivity contribution >= 4 is 5.91 Å². The van der Waals surface area contributed by atoms with Crippen LogP contribution in [0.25, 0.3) is 0 Å². The van der Waals surface area contributed by atoms with Crippen LogP contribution >= 0.6 is 0 Å². The molecule has 0 aromatic carbocycles. The van der Waals surface area contributed by atoms with Gasteiger partial charge in [-0.3, -0.25) is 4.79 Å². The normalized spacial score (nSPS) is 25.1. The number of amides is 1. The van der Waals surface area contributed by atoms with Gasteiger partial charge in [0.05, 0.1) is 12.5 Å². The SMILES string of the molecule is CC1CC(CN)CN1C(=O)c1cncn1C. The number of carbonyl (C=O) groups excluding carboxylic acids is 1. The molecule has 2 atom stereocenters. The van der Waals surface area contributed by atoms with Crippen LogP contribution in [-0.4, -0.2) is 39.5 Å². The monoisotopic (exact) mass is 222 g/mol. The van der Waals surface area contributed by atoms with Crippen molar-refractivity contribution in [2.75, 3.05) is 13.1 Å². The van der Waals surface area contributed by atoms with E-state index < -0.39 is 0 Å². The number of aromatic nitrogens is 2. The highest BCUT2D eigenvalue weighted by atomic mass is 16.2. The van der Waals surface area contributed by atoms with Crippen LogP contribution in [0, 0.1) is 5.92 Å². The molecule has 0 bridgehead atoms. The summed E-state index contributed by atoms with van der Waals surface area (Å²) < 4.78 is 1.75.